The second-order valence-electron chi connectivity index (χ2n) is 6.39. The Kier molecular flexibility index (Phi) is 7.85. The Labute approximate surface area is 161 Å². The first-order valence-electron chi connectivity index (χ1n) is 9.04. The van der Waals surface area contributed by atoms with Crippen LogP contribution in [0.25, 0.3) is 0 Å². The summed E-state index contributed by atoms with van der Waals surface area (Å²) in [4.78, 5) is 72.6. The molecule has 0 unspecified atom stereocenters. The molecule has 0 N–H and O–H groups in total. The van der Waals surface area contributed by atoms with Gasteiger partial charge < -0.3 is 19.3 Å². The molecular formula is C18H22N2O8. The van der Waals surface area contributed by atoms with Crippen LogP contribution >= 0.6 is 0 Å². The third-order valence-corrected chi connectivity index (χ3v) is 4.31. The van der Waals surface area contributed by atoms with E-state index in [0.717, 1.165) is 25.7 Å². The van der Waals surface area contributed by atoms with E-state index >= 15 is 0 Å². The summed E-state index contributed by atoms with van der Waals surface area (Å²) in [5.74, 6) is -5.13. The lowest BCUT2D eigenvalue weighted by atomic mass is 10.3. The molecule has 10 heteroatoms. The van der Waals surface area contributed by atoms with Crippen molar-refractivity contribution in [2.45, 2.75) is 25.7 Å². The number of carbonyl (C=O) groups is 6. The van der Waals surface area contributed by atoms with Crippen LogP contribution in [0.2, 0.25) is 0 Å². The number of Topliss-reactive ketones (excluding diaryl/α,β-unsaturated/α-hetero) is 2. The first kappa shape index (κ1) is 21.3. The smallest absolute Gasteiger partial charge is 0.331 e. The van der Waals surface area contributed by atoms with Gasteiger partial charge in [-0.25, -0.2) is 9.59 Å². The summed E-state index contributed by atoms with van der Waals surface area (Å²) in [6, 6.07) is 0. The molecule has 2 rings (SSSR count). The Balaban J connectivity index is 1.66. The summed E-state index contributed by atoms with van der Waals surface area (Å²) < 4.78 is 9.22. The lowest BCUT2D eigenvalue weighted by Crippen LogP contribution is -2.36. The van der Waals surface area contributed by atoms with E-state index in [-0.39, 0.29) is 0 Å². The van der Waals surface area contributed by atoms with Crippen LogP contribution in [0, 0.1) is 0 Å². The van der Waals surface area contributed by atoms with Crippen molar-refractivity contribution in [1.82, 2.24) is 9.80 Å². The number of carbonyl (C=O) groups excluding carboxylic acids is 6. The van der Waals surface area contributed by atoms with Crippen LogP contribution in [-0.2, 0) is 38.2 Å². The topological polar surface area (TPSA) is 127 Å². The fourth-order valence-electron chi connectivity index (χ4n) is 2.82. The Hall–Kier alpha value is -3.04. The molecule has 0 aromatic carbocycles. The zero-order valence-electron chi connectivity index (χ0n) is 15.4. The highest BCUT2D eigenvalue weighted by Crippen LogP contribution is 2.08. The number of rotatable bonds is 8. The fraction of sp³-hybridized carbons (Fsp3) is 0.556. The Morgan fingerprint density at radius 1 is 0.607 bits per heavy atom. The third-order valence-electron chi connectivity index (χ3n) is 4.31. The summed E-state index contributed by atoms with van der Waals surface area (Å²) in [7, 11) is 0. The highest BCUT2D eigenvalue weighted by atomic mass is 16.5. The fourth-order valence-corrected chi connectivity index (χ4v) is 2.82. The number of hydrogen-bond acceptors (Lipinski definition) is 8. The molecule has 0 aliphatic carbocycles. The maximum atomic E-state index is 11.8. The van der Waals surface area contributed by atoms with Crippen molar-refractivity contribution in [2.75, 3.05) is 39.4 Å². The minimum Gasteiger partial charge on any atom is -0.454 e. The van der Waals surface area contributed by atoms with E-state index in [1.54, 1.807) is 0 Å². The van der Waals surface area contributed by atoms with Gasteiger partial charge in [0, 0.05) is 38.3 Å². The number of likely N-dealkylation sites (tertiary alicyclic amines) is 2. The molecule has 0 radical (unpaired) electrons. The number of amides is 2. The highest BCUT2D eigenvalue weighted by Gasteiger charge is 2.26. The van der Waals surface area contributed by atoms with Gasteiger partial charge in [0.2, 0.25) is 0 Å². The number of ketones is 2. The maximum absolute atomic E-state index is 11.8. The van der Waals surface area contributed by atoms with Crippen molar-refractivity contribution in [3.8, 4) is 0 Å². The molecule has 2 fully saturated rings. The minimum absolute atomic E-state index is 0.503. The molecule has 0 bridgehead atoms. The van der Waals surface area contributed by atoms with Crippen molar-refractivity contribution in [2.24, 2.45) is 0 Å². The molecule has 0 atom stereocenters. The summed E-state index contributed by atoms with van der Waals surface area (Å²) in [5.41, 5.74) is 0. The van der Waals surface area contributed by atoms with Gasteiger partial charge in [0.1, 0.15) is 0 Å². The monoisotopic (exact) mass is 394 g/mol. The average Bonchev–Trinajstić information content (AvgIpc) is 3.41. The van der Waals surface area contributed by atoms with Crippen molar-refractivity contribution in [1.29, 1.82) is 0 Å². The van der Waals surface area contributed by atoms with Crippen LogP contribution in [-0.4, -0.2) is 84.5 Å². The molecule has 2 amide bonds. The van der Waals surface area contributed by atoms with E-state index in [0.29, 0.717) is 38.3 Å². The molecule has 0 saturated carbocycles. The maximum Gasteiger partial charge on any atom is 0.331 e. The molecule has 152 valence electrons. The van der Waals surface area contributed by atoms with Crippen LogP contribution in [0.15, 0.2) is 12.2 Å². The molecule has 2 aliphatic rings. The van der Waals surface area contributed by atoms with Gasteiger partial charge in [0.05, 0.1) is 0 Å². The first-order chi connectivity index (χ1) is 13.4. The second kappa shape index (κ2) is 10.3. The molecule has 2 aliphatic heterocycles. The third kappa shape index (κ3) is 6.29. The quantitative estimate of drug-likeness (QED) is 0.292. The average molecular weight is 394 g/mol. The summed E-state index contributed by atoms with van der Waals surface area (Å²) in [5, 5.41) is 0. The lowest BCUT2D eigenvalue weighted by Gasteiger charge is -2.13. The van der Waals surface area contributed by atoms with Crippen molar-refractivity contribution in [3.05, 3.63) is 12.2 Å². The largest absolute Gasteiger partial charge is 0.454 e. The van der Waals surface area contributed by atoms with Gasteiger partial charge in [-0.3, -0.25) is 19.2 Å². The predicted molar refractivity (Wildman–Crippen MR) is 92.7 cm³/mol. The van der Waals surface area contributed by atoms with Crippen LogP contribution in [0.3, 0.4) is 0 Å². The molecule has 28 heavy (non-hydrogen) atoms. The zero-order chi connectivity index (χ0) is 20.5. The van der Waals surface area contributed by atoms with E-state index in [1.807, 2.05) is 0 Å². The number of nitrogens with zero attached hydrogens (tertiary/aromatic N) is 2. The van der Waals surface area contributed by atoms with Crippen LogP contribution < -0.4 is 0 Å². The number of esters is 2. The molecule has 2 saturated heterocycles. The van der Waals surface area contributed by atoms with Crippen molar-refractivity contribution >= 4 is 35.3 Å². The SMILES string of the molecule is O=C(/C=C/C(=O)OCC(=O)C(=O)N1CCCC1)OCC(=O)C(=O)N1CCCC1. The Morgan fingerprint density at radius 3 is 1.25 bits per heavy atom. The molecule has 0 aromatic heterocycles. The summed E-state index contributed by atoms with van der Waals surface area (Å²) >= 11 is 0. The zero-order valence-corrected chi connectivity index (χ0v) is 15.4. The van der Waals surface area contributed by atoms with Crippen LogP contribution in [0.5, 0.6) is 0 Å². The van der Waals surface area contributed by atoms with Gasteiger partial charge in [-0.1, -0.05) is 0 Å². The lowest BCUT2D eigenvalue weighted by molar-refractivity contribution is -0.151. The molecule has 2 heterocycles. The Bertz CT molecular complexity index is 630. The first-order valence-corrected chi connectivity index (χ1v) is 9.04. The van der Waals surface area contributed by atoms with Gasteiger partial charge in [0.25, 0.3) is 23.4 Å². The number of hydrogen-bond donors (Lipinski definition) is 0. The summed E-state index contributed by atoms with van der Waals surface area (Å²) in [6.45, 7) is 0.561. The van der Waals surface area contributed by atoms with Gasteiger partial charge >= 0.3 is 11.9 Å². The van der Waals surface area contributed by atoms with Crippen molar-refractivity contribution in [3.63, 3.8) is 0 Å². The molecule has 10 nitrogen and oxygen atoms in total. The van der Waals surface area contributed by atoms with Crippen LogP contribution in [0.4, 0.5) is 0 Å². The standard InChI is InChI=1S/C18H22N2O8/c21-13(17(25)19-7-1-2-8-19)11-27-15(23)5-6-16(24)28-12-14(22)18(26)20-9-3-4-10-20/h5-6H,1-4,7-12H2/b6-5+. The van der Waals surface area contributed by atoms with E-state index < -0.39 is 48.5 Å². The van der Waals surface area contributed by atoms with Gasteiger partial charge in [-0.2, -0.15) is 0 Å². The molecular weight excluding hydrogens is 372 g/mol. The van der Waals surface area contributed by atoms with Gasteiger partial charge in [-0.05, 0) is 25.7 Å². The van der Waals surface area contributed by atoms with E-state index in [9.17, 15) is 28.8 Å². The van der Waals surface area contributed by atoms with Crippen LogP contribution in [0.1, 0.15) is 25.7 Å². The molecule has 0 aromatic rings. The Morgan fingerprint density at radius 2 is 0.929 bits per heavy atom. The van der Waals surface area contributed by atoms with Crippen molar-refractivity contribution < 1.29 is 38.2 Å². The van der Waals surface area contributed by atoms with E-state index in [1.165, 1.54) is 9.80 Å². The highest BCUT2D eigenvalue weighted by molar-refractivity contribution is 6.37. The molecule has 0 spiro atoms. The summed E-state index contributed by atoms with van der Waals surface area (Å²) in [6.07, 6.45) is 4.74. The van der Waals surface area contributed by atoms with Gasteiger partial charge in [-0.15, -0.1) is 0 Å². The van der Waals surface area contributed by atoms with E-state index in [4.69, 9.17) is 0 Å². The normalized spacial score (nSPS) is 16.3. The van der Waals surface area contributed by atoms with Gasteiger partial charge in [0.15, 0.2) is 13.2 Å². The predicted octanol–water partition coefficient (Wildman–Crippen LogP) is -0.988. The second-order valence-corrected chi connectivity index (χ2v) is 6.39. The number of ether oxygens (including phenoxy) is 2. The minimum atomic E-state index is -1.01. The van der Waals surface area contributed by atoms with E-state index in [2.05, 4.69) is 9.47 Å².